The second kappa shape index (κ2) is 3.95. The van der Waals surface area contributed by atoms with Crippen molar-refractivity contribution in [3.63, 3.8) is 0 Å². The summed E-state index contributed by atoms with van der Waals surface area (Å²) in [5.74, 6) is -0.0482. The SMILES string of the molecule is Nc1ncn([C@H]2CC[C@H](CO)O2)c(=O)n1. The molecule has 0 radical (unpaired) electrons. The predicted octanol–water partition coefficient (Wildman–Crippen LogP) is -1.11. The van der Waals surface area contributed by atoms with E-state index in [4.69, 9.17) is 15.6 Å². The molecule has 1 aromatic rings. The summed E-state index contributed by atoms with van der Waals surface area (Å²) in [5, 5.41) is 8.88. The number of aromatic nitrogens is 3. The van der Waals surface area contributed by atoms with Gasteiger partial charge in [-0.1, -0.05) is 0 Å². The van der Waals surface area contributed by atoms with Crippen LogP contribution in [0.2, 0.25) is 0 Å². The Balaban J connectivity index is 2.20. The van der Waals surface area contributed by atoms with Crippen LogP contribution < -0.4 is 11.4 Å². The van der Waals surface area contributed by atoms with Crippen LogP contribution in [0.1, 0.15) is 19.1 Å². The molecule has 0 aliphatic carbocycles. The van der Waals surface area contributed by atoms with E-state index in [-0.39, 0.29) is 18.7 Å². The molecule has 15 heavy (non-hydrogen) atoms. The van der Waals surface area contributed by atoms with Gasteiger partial charge in [0.05, 0.1) is 12.7 Å². The van der Waals surface area contributed by atoms with Gasteiger partial charge in [0.15, 0.2) is 0 Å². The number of anilines is 1. The molecule has 1 aliphatic rings. The van der Waals surface area contributed by atoms with Crippen LogP contribution in [0.25, 0.3) is 0 Å². The van der Waals surface area contributed by atoms with Crippen molar-refractivity contribution in [2.45, 2.75) is 25.2 Å². The summed E-state index contributed by atoms with van der Waals surface area (Å²) < 4.78 is 6.69. The summed E-state index contributed by atoms with van der Waals surface area (Å²) in [6, 6.07) is 0. The lowest BCUT2D eigenvalue weighted by Crippen LogP contribution is -2.28. The van der Waals surface area contributed by atoms with Gasteiger partial charge in [-0.3, -0.25) is 4.57 Å². The quantitative estimate of drug-likeness (QED) is 0.644. The van der Waals surface area contributed by atoms with E-state index in [1.807, 2.05) is 0 Å². The van der Waals surface area contributed by atoms with Gasteiger partial charge in [0.25, 0.3) is 0 Å². The van der Waals surface area contributed by atoms with Crippen molar-refractivity contribution >= 4 is 5.95 Å². The second-order valence-electron chi connectivity index (χ2n) is 3.38. The highest BCUT2D eigenvalue weighted by Gasteiger charge is 2.26. The molecule has 0 saturated carbocycles. The molecule has 3 N–H and O–H groups in total. The molecule has 1 fully saturated rings. The van der Waals surface area contributed by atoms with Crippen molar-refractivity contribution in [2.75, 3.05) is 12.3 Å². The third-order valence-corrected chi connectivity index (χ3v) is 2.34. The largest absolute Gasteiger partial charge is 0.394 e. The van der Waals surface area contributed by atoms with Crippen LogP contribution in [-0.4, -0.2) is 32.4 Å². The fraction of sp³-hybridized carbons (Fsp3) is 0.625. The van der Waals surface area contributed by atoms with Crippen molar-refractivity contribution in [3.05, 3.63) is 16.8 Å². The van der Waals surface area contributed by atoms with Crippen LogP contribution in [0.3, 0.4) is 0 Å². The van der Waals surface area contributed by atoms with Crippen LogP contribution in [0, 0.1) is 0 Å². The third kappa shape index (κ3) is 1.97. The van der Waals surface area contributed by atoms with E-state index < -0.39 is 11.9 Å². The Morgan fingerprint density at radius 3 is 3.07 bits per heavy atom. The van der Waals surface area contributed by atoms with Gasteiger partial charge >= 0.3 is 5.69 Å². The molecule has 0 amide bonds. The minimum absolute atomic E-state index is 0.0406. The topological polar surface area (TPSA) is 103 Å². The standard InChI is InChI=1S/C8H12N4O3/c9-7-10-4-12(8(14)11-7)6-2-1-5(3-13)15-6/h4-6,13H,1-3H2,(H2,9,11,14)/t5-,6-/m1/s1. The van der Waals surface area contributed by atoms with Gasteiger partial charge in [-0.2, -0.15) is 4.98 Å². The van der Waals surface area contributed by atoms with Gasteiger partial charge in [0, 0.05) is 0 Å². The lowest BCUT2D eigenvalue weighted by atomic mass is 10.2. The van der Waals surface area contributed by atoms with E-state index in [2.05, 4.69) is 9.97 Å². The van der Waals surface area contributed by atoms with Gasteiger partial charge < -0.3 is 15.6 Å². The van der Waals surface area contributed by atoms with Crippen LogP contribution in [0.5, 0.6) is 0 Å². The maximum absolute atomic E-state index is 11.4. The minimum Gasteiger partial charge on any atom is -0.394 e. The fourth-order valence-electron chi connectivity index (χ4n) is 1.58. The van der Waals surface area contributed by atoms with Crippen LogP contribution in [-0.2, 0) is 4.74 Å². The van der Waals surface area contributed by atoms with E-state index in [1.165, 1.54) is 10.9 Å². The molecule has 1 saturated heterocycles. The van der Waals surface area contributed by atoms with E-state index in [1.54, 1.807) is 0 Å². The molecule has 82 valence electrons. The number of aliphatic hydroxyl groups is 1. The molecule has 2 heterocycles. The number of aliphatic hydroxyl groups excluding tert-OH is 1. The zero-order valence-electron chi connectivity index (χ0n) is 8.04. The van der Waals surface area contributed by atoms with Gasteiger partial charge in [-0.25, -0.2) is 9.78 Å². The van der Waals surface area contributed by atoms with Gasteiger partial charge in [-0.15, -0.1) is 0 Å². The van der Waals surface area contributed by atoms with E-state index >= 15 is 0 Å². The Bertz CT molecular complexity index is 405. The Labute approximate surface area is 85.5 Å². The van der Waals surface area contributed by atoms with Crippen molar-refractivity contribution in [2.24, 2.45) is 0 Å². The van der Waals surface area contributed by atoms with E-state index in [0.29, 0.717) is 6.42 Å². The Kier molecular flexibility index (Phi) is 2.65. The number of hydrogen-bond acceptors (Lipinski definition) is 6. The fourth-order valence-corrected chi connectivity index (χ4v) is 1.58. The molecule has 2 atom stereocenters. The maximum atomic E-state index is 11.4. The molecule has 0 spiro atoms. The average Bonchev–Trinajstić information content (AvgIpc) is 2.66. The monoisotopic (exact) mass is 212 g/mol. The molecular weight excluding hydrogens is 200 g/mol. The smallest absolute Gasteiger partial charge is 0.354 e. The first-order valence-electron chi connectivity index (χ1n) is 4.67. The highest BCUT2D eigenvalue weighted by molar-refractivity contribution is 5.09. The van der Waals surface area contributed by atoms with Crippen molar-refractivity contribution in [1.29, 1.82) is 0 Å². The summed E-state index contributed by atoms with van der Waals surface area (Å²) in [6.45, 7) is -0.0406. The molecule has 1 aliphatic heterocycles. The lowest BCUT2D eigenvalue weighted by molar-refractivity contribution is -0.0250. The number of nitrogens with zero attached hydrogens (tertiary/aromatic N) is 3. The first-order chi connectivity index (χ1) is 7.20. The average molecular weight is 212 g/mol. The summed E-state index contributed by atoms with van der Waals surface area (Å²) in [7, 11) is 0. The normalized spacial score (nSPS) is 25.7. The predicted molar refractivity (Wildman–Crippen MR) is 50.9 cm³/mol. The summed E-state index contributed by atoms with van der Waals surface area (Å²) >= 11 is 0. The molecule has 0 unspecified atom stereocenters. The molecule has 1 aromatic heterocycles. The van der Waals surface area contributed by atoms with Gasteiger partial charge in [0.1, 0.15) is 12.6 Å². The summed E-state index contributed by atoms with van der Waals surface area (Å²) in [5.41, 5.74) is 4.78. The van der Waals surface area contributed by atoms with E-state index in [0.717, 1.165) is 6.42 Å². The molecule has 7 nitrogen and oxygen atoms in total. The number of nitrogen functional groups attached to an aromatic ring is 1. The summed E-state index contributed by atoms with van der Waals surface area (Å²) in [4.78, 5) is 18.6. The van der Waals surface area contributed by atoms with Crippen LogP contribution in [0.15, 0.2) is 11.1 Å². The number of rotatable bonds is 2. The van der Waals surface area contributed by atoms with Crippen molar-refractivity contribution in [3.8, 4) is 0 Å². The Morgan fingerprint density at radius 2 is 2.47 bits per heavy atom. The molecule has 0 bridgehead atoms. The molecule has 0 aromatic carbocycles. The first kappa shape index (κ1) is 10.1. The zero-order valence-corrected chi connectivity index (χ0v) is 8.04. The maximum Gasteiger partial charge on any atom is 0.354 e. The minimum atomic E-state index is -0.480. The number of ether oxygens (including phenoxy) is 1. The first-order valence-corrected chi connectivity index (χ1v) is 4.67. The second-order valence-corrected chi connectivity index (χ2v) is 3.38. The molecule has 2 rings (SSSR count). The highest BCUT2D eigenvalue weighted by atomic mass is 16.5. The molecule has 7 heteroatoms. The Morgan fingerprint density at radius 1 is 1.67 bits per heavy atom. The third-order valence-electron chi connectivity index (χ3n) is 2.34. The highest BCUT2D eigenvalue weighted by Crippen LogP contribution is 2.26. The Hall–Kier alpha value is -1.47. The number of hydrogen-bond donors (Lipinski definition) is 2. The van der Waals surface area contributed by atoms with E-state index in [9.17, 15) is 4.79 Å². The van der Waals surface area contributed by atoms with Crippen molar-refractivity contribution in [1.82, 2.24) is 14.5 Å². The van der Waals surface area contributed by atoms with Crippen LogP contribution >= 0.6 is 0 Å². The number of nitrogens with two attached hydrogens (primary N) is 1. The van der Waals surface area contributed by atoms with Gasteiger partial charge in [-0.05, 0) is 12.8 Å². The van der Waals surface area contributed by atoms with Gasteiger partial charge in [0.2, 0.25) is 5.95 Å². The molecular formula is C8H12N4O3. The zero-order chi connectivity index (χ0) is 10.8. The van der Waals surface area contributed by atoms with Crippen molar-refractivity contribution < 1.29 is 9.84 Å². The van der Waals surface area contributed by atoms with Crippen LogP contribution in [0.4, 0.5) is 5.95 Å². The lowest BCUT2D eigenvalue weighted by Gasteiger charge is -2.13. The summed E-state index contributed by atoms with van der Waals surface area (Å²) in [6.07, 6.45) is 2.10.